The molecule has 0 saturated carbocycles. The van der Waals surface area contributed by atoms with Crippen molar-refractivity contribution in [1.29, 1.82) is 0 Å². The number of benzene rings is 1. The normalized spacial score (nSPS) is 11.0. The van der Waals surface area contributed by atoms with Gasteiger partial charge in [0.2, 0.25) is 5.78 Å². The molecule has 0 saturated heterocycles. The van der Waals surface area contributed by atoms with Gasteiger partial charge < -0.3 is 14.0 Å². The first-order valence-corrected chi connectivity index (χ1v) is 12.3. The standard InChI is InChI=1S/C24H28N2O4S2/c1-16-14-31-24(25-16)32-15-19-8-5-6-9-20(19)23(28)30-13-22(27)21-12-17(2)26(18(21)3)10-7-11-29-4/h5-6,8-9,12,14H,7,10-11,13,15H2,1-4H3. The topological polar surface area (TPSA) is 70.4 Å². The number of hydrogen-bond acceptors (Lipinski definition) is 7. The van der Waals surface area contributed by atoms with E-state index >= 15 is 0 Å². The zero-order valence-corrected chi connectivity index (χ0v) is 20.5. The zero-order chi connectivity index (χ0) is 23.1. The lowest BCUT2D eigenvalue weighted by Gasteiger charge is -2.10. The molecule has 2 aromatic heterocycles. The first-order chi connectivity index (χ1) is 15.4. The summed E-state index contributed by atoms with van der Waals surface area (Å²) in [5, 5.41) is 2.00. The maximum atomic E-state index is 12.8. The molecule has 0 aliphatic carbocycles. The highest BCUT2D eigenvalue weighted by atomic mass is 32.2. The van der Waals surface area contributed by atoms with Crippen LogP contribution < -0.4 is 0 Å². The Morgan fingerprint density at radius 1 is 1.16 bits per heavy atom. The van der Waals surface area contributed by atoms with Crippen LogP contribution in [0.15, 0.2) is 40.1 Å². The van der Waals surface area contributed by atoms with Gasteiger partial charge in [0.25, 0.3) is 0 Å². The monoisotopic (exact) mass is 472 g/mol. The summed E-state index contributed by atoms with van der Waals surface area (Å²) < 4.78 is 13.6. The molecule has 0 amide bonds. The maximum Gasteiger partial charge on any atom is 0.338 e. The second-order valence-electron chi connectivity index (χ2n) is 7.48. The predicted molar refractivity (Wildman–Crippen MR) is 128 cm³/mol. The van der Waals surface area contributed by atoms with Gasteiger partial charge in [-0.05, 0) is 44.9 Å². The van der Waals surface area contributed by atoms with Crippen molar-refractivity contribution in [2.24, 2.45) is 0 Å². The molecule has 3 aromatic rings. The summed E-state index contributed by atoms with van der Waals surface area (Å²) in [7, 11) is 1.68. The summed E-state index contributed by atoms with van der Waals surface area (Å²) in [4.78, 5) is 29.9. The van der Waals surface area contributed by atoms with E-state index in [4.69, 9.17) is 9.47 Å². The van der Waals surface area contributed by atoms with E-state index in [1.54, 1.807) is 42.3 Å². The highest BCUT2D eigenvalue weighted by molar-refractivity contribution is 8.00. The van der Waals surface area contributed by atoms with Crippen LogP contribution in [0.2, 0.25) is 0 Å². The fraction of sp³-hybridized carbons (Fsp3) is 0.375. The number of ether oxygens (including phenoxy) is 2. The number of methoxy groups -OCH3 is 1. The van der Waals surface area contributed by atoms with Crippen LogP contribution in [0.4, 0.5) is 0 Å². The Labute approximate surface area is 197 Å². The summed E-state index contributed by atoms with van der Waals surface area (Å²) in [6.45, 7) is 7.01. The van der Waals surface area contributed by atoms with E-state index < -0.39 is 5.97 Å². The van der Waals surface area contributed by atoms with Gasteiger partial charge in [0.1, 0.15) is 4.34 Å². The Kier molecular flexibility index (Phi) is 8.67. The van der Waals surface area contributed by atoms with Crippen molar-refractivity contribution >= 4 is 34.9 Å². The average Bonchev–Trinajstić information content (AvgIpc) is 3.33. The molecular weight excluding hydrogens is 444 g/mol. The van der Waals surface area contributed by atoms with E-state index in [0.29, 0.717) is 23.5 Å². The van der Waals surface area contributed by atoms with Crippen LogP contribution in [-0.4, -0.2) is 41.6 Å². The molecule has 170 valence electrons. The number of esters is 1. The van der Waals surface area contributed by atoms with Crippen LogP contribution in [-0.2, 0) is 21.8 Å². The van der Waals surface area contributed by atoms with Crippen molar-refractivity contribution in [3.05, 3.63) is 69.5 Å². The minimum Gasteiger partial charge on any atom is -0.454 e. The van der Waals surface area contributed by atoms with Gasteiger partial charge in [-0.25, -0.2) is 9.78 Å². The van der Waals surface area contributed by atoms with Crippen LogP contribution in [0.1, 0.15) is 49.8 Å². The van der Waals surface area contributed by atoms with Gasteiger partial charge in [0, 0.05) is 54.0 Å². The van der Waals surface area contributed by atoms with E-state index in [1.807, 2.05) is 44.4 Å². The quantitative estimate of drug-likeness (QED) is 0.165. The van der Waals surface area contributed by atoms with Crippen molar-refractivity contribution in [3.63, 3.8) is 0 Å². The van der Waals surface area contributed by atoms with Gasteiger partial charge in [0.05, 0.1) is 5.56 Å². The van der Waals surface area contributed by atoms with Crippen LogP contribution >= 0.6 is 23.1 Å². The summed E-state index contributed by atoms with van der Waals surface area (Å²) in [5.41, 5.74) is 4.81. The smallest absolute Gasteiger partial charge is 0.338 e. The minimum atomic E-state index is -0.487. The second-order valence-corrected chi connectivity index (χ2v) is 9.56. The van der Waals surface area contributed by atoms with Gasteiger partial charge in [0.15, 0.2) is 6.61 Å². The SMILES string of the molecule is COCCCn1c(C)cc(C(=O)COC(=O)c2ccccc2CSc2nc(C)cs2)c1C. The van der Waals surface area contributed by atoms with Gasteiger partial charge in [-0.2, -0.15) is 0 Å². The molecule has 6 nitrogen and oxygen atoms in total. The molecule has 0 aliphatic rings. The maximum absolute atomic E-state index is 12.8. The third-order valence-corrected chi connectivity index (χ3v) is 7.31. The Balaban J connectivity index is 1.62. The third-order valence-electron chi connectivity index (χ3n) is 5.12. The van der Waals surface area contributed by atoms with Gasteiger partial charge in [-0.15, -0.1) is 11.3 Å². The molecular formula is C24H28N2O4S2. The molecule has 0 atom stereocenters. The van der Waals surface area contributed by atoms with Crippen LogP contribution in [0, 0.1) is 20.8 Å². The van der Waals surface area contributed by atoms with Gasteiger partial charge >= 0.3 is 5.97 Å². The Bertz CT molecular complexity index is 1090. The molecule has 8 heteroatoms. The Morgan fingerprint density at radius 3 is 2.66 bits per heavy atom. The molecule has 0 radical (unpaired) electrons. The fourth-order valence-electron chi connectivity index (χ4n) is 3.46. The lowest BCUT2D eigenvalue weighted by atomic mass is 10.1. The molecule has 0 spiro atoms. The number of rotatable bonds is 11. The van der Waals surface area contributed by atoms with E-state index in [9.17, 15) is 9.59 Å². The molecule has 1 aromatic carbocycles. The number of thiazole rings is 1. The Morgan fingerprint density at radius 2 is 1.94 bits per heavy atom. The number of aryl methyl sites for hydroxylation is 2. The van der Waals surface area contributed by atoms with Gasteiger partial charge in [-0.1, -0.05) is 30.0 Å². The van der Waals surface area contributed by atoms with Crippen molar-refractivity contribution in [2.45, 2.75) is 43.8 Å². The van der Waals surface area contributed by atoms with Gasteiger partial charge in [-0.3, -0.25) is 4.79 Å². The van der Waals surface area contributed by atoms with E-state index in [2.05, 4.69) is 9.55 Å². The Hall–Kier alpha value is -2.42. The first kappa shape index (κ1) is 24.2. The largest absolute Gasteiger partial charge is 0.454 e. The van der Waals surface area contributed by atoms with E-state index in [0.717, 1.165) is 40.0 Å². The highest BCUT2D eigenvalue weighted by Crippen LogP contribution is 2.27. The first-order valence-electron chi connectivity index (χ1n) is 10.4. The second kappa shape index (κ2) is 11.4. The highest BCUT2D eigenvalue weighted by Gasteiger charge is 2.19. The van der Waals surface area contributed by atoms with E-state index in [-0.39, 0.29) is 12.4 Å². The van der Waals surface area contributed by atoms with Crippen molar-refractivity contribution in [1.82, 2.24) is 9.55 Å². The zero-order valence-electron chi connectivity index (χ0n) is 18.8. The molecule has 3 rings (SSSR count). The number of Topliss-reactive ketones (excluding diaryl/α,β-unsaturated/α-hetero) is 1. The lowest BCUT2D eigenvalue weighted by molar-refractivity contribution is 0.0473. The number of carbonyl (C=O) groups is 2. The molecule has 32 heavy (non-hydrogen) atoms. The van der Waals surface area contributed by atoms with Crippen molar-refractivity contribution in [3.8, 4) is 0 Å². The summed E-state index contributed by atoms with van der Waals surface area (Å²) in [5.74, 6) is -0.0808. The summed E-state index contributed by atoms with van der Waals surface area (Å²) in [6.07, 6.45) is 0.866. The van der Waals surface area contributed by atoms with Crippen molar-refractivity contribution < 1.29 is 19.1 Å². The number of carbonyl (C=O) groups excluding carboxylic acids is 2. The summed E-state index contributed by atoms with van der Waals surface area (Å²) in [6, 6.07) is 9.19. The molecule has 0 aliphatic heterocycles. The third kappa shape index (κ3) is 6.09. The molecule has 0 fully saturated rings. The fourth-order valence-corrected chi connectivity index (χ4v) is 5.32. The van der Waals surface area contributed by atoms with Crippen LogP contribution in [0.5, 0.6) is 0 Å². The molecule has 0 N–H and O–H groups in total. The average molecular weight is 473 g/mol. The number of aromatic nitrogens is 2. The van der Waals surface area contributed by atoms with Crippen molar-refractivity contribution in [2.75, 3.05) is 20.3 Å². The molecule has 0 unspecified atom stereocenters. The number of thioether (sulfide) groups is 1. The van der Waals surface area contributed by atoms with Crippen LogP contribution in [0.25, 0.3) is 0 Å². The number of hydrogen-bond donors (Lipinski definition) is 0. The predicted octanol–water partition coefficient (Wildman–Crippen LogP) is 5.24. The number of ketones is 1. The summed E-state index contributed by atoms with van der Waals surface area (Å²) >= 11 is 3.17. The van der Waals surface area contributed by atoms with Crippen LogP contribution in [0.3, 0.4) is 0 Å². The number of nitrogens with zero attached hydrogens (tertiary/aromatic N) is 2. The minimum absolute atomic E-state index is 0.199. The molecule has 0 bridgehead atoms. The van der Waals surface area contributed by atoms with E-state index in [1.165, 1.54) is 0 Å². The lowest BCUT2D eigenvalue weighted by Crippen LogP contribution is -2.16. The molecule has 2 heterocycles.